The van der Waals surface area contributed by atoms with Crippen LogP contribution in [0.5, 0.6) is 11.5 Å². The molecule has 0 unspecified atom stereocenters. The van der Waals surface area contributed by atoms with Crippen molar-refractivity contribution in [2.45, 2.75) is 40.2 Å². The van der Waals surface area contributed by atoms with Crippen LogP contribution in [0.25, 0.3) is 0 Å². The maximum absolute atomic E-state index is 13.8. The molecular weight excluding hydrogens is 872 g/mol. The zero-order valence-corrected chi connectivity index (χ0v) is 34.3. The molecule has 4 aromatic carbocycles. The van der Waals surface area contributed by atoms with Crippen LogP contribution in [0.1, 0.15) is 54.4 Å². The van der Waals surface area contributed by atoms with Crippen LogP contribution in [-0.2, 0) is 52.5 Å². The summed E-state index contributed by atoms with van der Waals surface area (Å²) in [5, 5.41) is 4.52. The lowest BCUT2D eigenvalue weighted by Crippen LogP contribution is -2.31. The predicted octanol–water partition coefficient (Wildman–Crippen LogP) is 6.33. The summed E-state index contributed by atoms with van der Waals surface area (Å²) in [6.07, 6.45) is 2.76. The highest BCUT2D eigenvalue weighted by Gasteiger charge is 2.22. The fourth-order valence-electron chi connectivity index (χ4n) is 5.46. The molecule has 0 bridgehead atoms. The summed E-state index contributed by atoms with van der Waals surface area (Å²) in [7, 11) is 1.64. The molecule has 0 atom stereocenters. The minimum absolute atomic E-state index is 0.00754. The molecule has 65 heavy (non-hydrogen) atoms. The second kappa shape index (κ2) is 24.9. The van der Waals surface area contributed by atoms with Gasteiger partial charge in [0.1, 0.15) is 71.3 Å². The molecule has 0 saturated heterocycles. The van der Waals surface area contributed by atoms with Crippen molar-refractivity contribution in [2.75, 3.05) is 0 Å². The smallest absolute Gasteiger partial charge is 0.373 e. The summed E-state index contributed by atoms with van der Waals surface area (Å²) in [6.45, 7) is 2.27. The normalized spacial score (nSPS) is 9.92. The Morgan fingerprint density at radius 1 is 0.615 bits per heavy atom. The van der Waals surface area contributed by atoms with Gasteiger partial charge >= 0.3 is 12.3 Å². The largest absolute Gasteiger partial charge is 0.483 e. The highest BCUT2D eigenvalue weighted by Crippen LogP contribution is 2.19. The van der Waals surface area contributed by atoms with Gasteiger partial charge in [0.25, 0.3) is 11.8 Å². The Bertz CT molecular complexity index is 2750. The molecule has 20 heteroatoms. The lowest BCUT2D eigenvalue weighted by molar-refractivity contribution is -0.193. The highest BCUT2D eigenvalue weighted by atomic mass is 19.2. The topological polar surface area (TPSA) is 197 Å². The molecule has 0 saturated carbocycles. The van der Waals surface area contributed by atoms with Crippen LogP contribution in [0, 0.1) is 48.8 Å². The average Bonchev–Trinajstić information content (AvgIpc) is 3.25. The lowest BCUT2D eigenvalue weighted by atomic mass is 10.1. The van der Waals surface area contributed by atoms with Crippen LogP contribution in [0.4, 0.5) is 26.3 Å². The Balaban J connectivity index is 0.000000308. The lowest BCUT2D eigenvalue weighted by Gasteiger charge is -2.14. The van der Waals surface area contributed by atoms with Crippen LogP contribution >= 0.6 is 0 Å². The Morgan fingerprint density at radius 3 is 1.40 bits per heavy atom. The number of carbonyl (C=O) groups excluding carboxylic acids is 6. The van der Waals surface area contributed by atoms with Crippen molar-refractivity contribution in [3.05, 3.63) is 198 Å². The summed E-state index contributed by atoms with van der Waals surface area (Å²) in [5.41, 5.74) is -0.856. The van der Waals surface area contributed by atoms with Gasteiger partial charge in [-0.15, -0.1) is 0 Å². The van der Waals surface area contributed by atoms with Crippen molar-refractivity contribution in [2.24, 2.45) is 7.05 Å². The first kappa shape index (κ1) is 51.0. The first-order chi connectivity index (χ1) is 31.0. The molecule has 6 aromatic rings. The SMILES string of the molecule is Cc1c(OCc2ccccc2)c(=O)c(C(=O)NCc2c(F)cc(F)cc2F)cn1C.Cc1occ(C(=O)NCc2c(F)cc(F)cc2F)c(=O)c1OCc1ccccc1.O=C=O.O=C=O. The van der Waals surface area contributed by atoms with Gasteiger partial charge in [-0.2, -0.15) is 19.2 Å². The average molecular weight is 908 g/mol. The molecule has 2 heterocycles. The van der Waals surface area contributed by atoms with Crippen molar-refractivity contribution in [3.8, 4) is 11.5 Å². The zero-order valence-electron chi connectivity index (χ0n) is 34.3. The summed E-state index contributed by atoms with van der Waals surface area (Å²) < 4.78 is 98.8. The number of ether oxygens (including phenoxy) is 2. The van der Waals surface area contributed by atoms with E-state index in [1.807, 2.05) is 48.5 Å². The molecule has 0 aliphatic rings. The van der Waals surface area contributed by atoms with E-state index in [1.54, 1.807) is 30.7 Å². The van der Waals surface area contributed by atoms with E-state index in [4.69, 9.17) is 33.1 Å². The first-order valence-electron chi connectivity index (χ1n) is 18.5. The van der Waals surface area contributed by atoms with Gasteiger partial charge in [-0.3, -0.25) is 19.2 Å². The third-order valence-corrected chi connectivity index (χ3v) is 8.76. The Kier molecular flexibility index (Phi) is 19.6. The molecule has 0 spiro atoms. The fourth-order valence-corrected chi connectivity index (χ4v) is 5.46. The van der Waals surface area contributed by atoms with Crippen molar-refractivity contribution in [3.63, 3.8) is 0 Å². The molecule has 2 N–H and O–H groups in total. The van der Waals surface area contributed by atoms with E-state index in [2.05, 4.69) is 10.6 Å². The van der Waals surface area contributed by atoms with Crippen LogP contribution in [0.2, 0.25) is 0 Å². The van der Waals surface area contributed by atoms with Crippen molar-refractivity contribution >= 4 is 24.1 Å². The predicted molar refractivity (Wildman–Crippen MR) is 213 cm³/mol. The van der Waals surface area contributed by atoms with Gasteiger partial charge in [0.2, 0.25) is 16.6 Å². The van der Waals surface area contributed by atoms with Crippen LogP contribution in [0.3, 0.4) is 0 Å². The summed E-state index contributed by atoms with van der Waals surface area (Å²) in [5.74, 6) is -8.38. The number of aromatic nitrogens is 1. The van der Waals surface area contributed by atoms with Gasteiger partial charge in [-0.05, 0) is 25.0 Å². The minimum Gasteiger partial charge on any atom is -0.483 e. The summed E-state index contributed by atoms with van der Waals surface area (Å²) in [4.78, 5) is 82.7. The van der Waals surface area contributed by atoms with E-state index < -0.39 is 81.8 Å². The second-order valence-electron chi connectivity index (χ2n) is 13.0. The molecule has 0 aliphatic carbocycles. The zero-order chi connectivity index (χ0) is 48.2. The number of rotatable bonds is 12. The number of nitrogens with one attached hydrogen (secondary N) is 2. The third kappa shape index (κ3) is 14.6. The van der Waals surface area contributed by atoms with Gasteiger partial charge in [0, 0.05) is 61.7 Å². The number of carbonyl (C=O) groups is 2. The molecule has 14 nitrogen and oxygen atoms in total. The van der Waals surface area contributed by atoms with Crippen LogP contribution in [0.15, 0.2) is 111 Å². The van der Waals surface area contributed by atoms with Gasteiger partial charge < -0.3 is 29.1 Å². The molecule has 6 rings (SSSR count). The number of nitrogens with zero attached hydrogens (tertiary/aromatic N) is 1. The molecule has 2 aromatic heterocycles. The second-order valence-corrected chi connectivity index (χ2v) is 13.0. The number of pyridine rings is 1. The molecular formula is C45H35F6N3O11. The number of hydrogen-bond donors (Lipinski definition) is 2. The maximum atomic E-state index is 13.8. The van der Waals surface area contributed by atoms with Gasteiger partial charge in [0.15, 0.2) is 5.75 Å². The van der Waals surface area contributed by atoms with Crippen LogP contribution in [-0.4, -0.2) is 28.7 Å². The first-order valence-corrected chi connectivity index (χ1v) is 18.5. The minimum atomic E-state index is -1.15. The highest BCUT2D eigenvalue weighted by molar-refractivity contribution is 5.94. The van der Waals surface area contributed by atoms with E-state index >= 15 is 0 Å². The third-order valence-electron chi connectivity index (χ3n) is 8.76. The fraction of sp³-hybridized carbons (Fsp3) is 0.156. The van der Waals surface area contributed by atoms with Gasteiger partial charge in [-0.1, -0.05) is 60.7 Å². The summed E-state index contributed by atoms with van der Waals surface area (Å²) >= 11 is 0. The Hall–Kier alpha value is -8.34. The number of benzene rings is 4. The quantitative estimate of drug-likeness (QED) is 0.130. The maximum Gasteiger partial charge on any atom is 0.373 e. The Morgan fingerprint density at radius 2 is 0.985 bits per heavy atom. The van der Waals surface area contributed by atoms with E-state index in [9.17, 15) is 45.5 Å². The van der Waals surface area contributed by atoms with Crippen molar-refractivity contribution in [1.29, 1.82) is 0 Å². The van der Waals surface area contributed by atoms with Crippen molar-refractivity contribution < 1.29 is 69.0 Å². The molecule has 0 fully saturated rings. The number of halogens is 6. The Labute approximate surface area is 364 Å². The number of amides is 2. The van der Waals surface area contributed by atoms with Crippen molar-refractivity contribution in [1.82, 2.24) is 15.2 Å². The number of hydrogen-bond acceptors (Lipinski definition) is 11. The summed E-state index contributed by atoms with van der Waals surface area (Å²) in [6, 6.07) is 20.3. The van der Waals surface area contributed by atoms with Crippen LogP contribution < -0.4 is 31.0 Å². The van der Waals surface area contributed by atoms with Gasteiger partial charge in [0.05, 0.1) is 5.69 Å². The van der Waals surface area contributed by atoms with Gasteiger partial charge in [-0.25, -0.2) is 26.3 Å². The van der Waals surface area contributed by atoms with E-state index in [0.717, 1.165) is 17.4 Å². The van der Waals surface area contributed by atoms with E-state index in [1.165, 1.54) is 13.1 Å². The van der Waals surface area contributed by atoms with E-state index in [0.29, 0.717) is 30.0 Å². The standard InChI is InChI=1S/C22H19F3N2O3.C21H16F3NO4.2CO2/c1-13-21(30-12-14-6-4-3-5-7-14)20(28)17(11-27(13)2)22(29)26-10-16-18(24)8-15(23)9-19(16)25;1-12-20(29-10-13-5-3-2-4-6-13)19(26)16(11-28-12)21(27)25-9-15-17(23)7-14(22)8-18(15)24;2*2-1-3/h3-9,11H,10,12H2,1-2H3,(H,26,29);2-8,11H,9-10H2,1H3,(H,25,27);;. The monoisotopic (exact) mass is 907 g/mol. The molecule has 338 valence electrons. The molecule has 2 amide bonds. The molecule has 0 radical (unpaired) electrons. The van der Waals surface area contributed by atoms with E-state index in [-0.39, 0.29) is 53.9 Å². The molecule has 0 aliphatic heterocycles. The number of aryl methyl sites for hydroxylation is 2.